The quantitative estimate of drug-likeness (QED) is 0.542. The van der Waals surface area contributed by atoms with Crippen LogP contribution in [0.1, 0.15) is 67.8 Å². The summed E-state index contributed by atoms with van der Waals surface area (Å²) < 4.78 is 35.6. The van der Waals surface area contributed by atoms with Gasteiger partial charge in [-0.1, -0.05) is 37.4 Å². The van der Waals surface area contributed by atoms with Crippen LogP contribution in [0, 0.1) is 12.8 Å². The molecule has 2 aromatic heterocycles. The number of hydrogen-bond donors (Lipinski definition) is 1. The first-order chi connectivity index (χ1) is 16.3. The van der Waals surface area contributed by atoms with Crippen molar-refractivity contribution in [3.63, 3.8) is 0 Å². The normalized spacial score (nSPS) is 16.8. The number of anilines is 1. The van der Waals surface area contributed by atoms with Gasteiger partial charge in [-0.15, -0.1) is 0 Å². The predicted molar refractivity (Wildman–Crippen MR) is 129 cm³/mol. The number of benzene rings is 1. The van der Waals surface area contributed by atoms with E-state index in [9.17, 15) is 13.2 Å². The van der Waals surface area contributed by atoms with Gasteiger partial charge in [0.15, 0.2) is 11.4 Å². The molecule has 1 aliphatic carbocycles. The van der Waals surface area contributed by atoms with Gasteiger partial charge >= 0.3 is 0 Å². The first-order valence-corrected chi connectivity index (χ1v) is 13.7. The number of sulfonamides is 1. The third kappa shape index (κ3) is 4.68. The molecule has 0 bridgehead atoms. The summed E-state index contributed by atoms with van der Waals surface area (Å²) in [4.78, 5) is 13.8. The Bertz CT molecular complexity index is 1300. The van der Waals surface area contributed by atoms with E-state index in [1.54, 1.807) is 0 Å². The maximum atomic E-state index is 12.8. The van der Waals surface area contributed by atoms with Gasteiger partial charge in [0.2, 0.25) is 15.9 Å². The summed E-state index contributed by atoms with van der Waals surface area (Å²) in [6, 6.07) is 3.89. The molecule has 5 rings (SSSR count). The lowest BCUT2D eigenvalue weighted by Crippen LogP contribution is -2.24. The third-order valence-corrected chi connectivity index (χ3v) is 8.30. The highest BCUT2D eigenvalue weighted by atomic mass is 32.2. The minimum Gasteiger partial charge on any atom is -0.354 e. The fourth-order valence-electron chi connectivity index (χ4n) is 5.23. The van der Waals surface area contributed by atoms with Gasteiger partial charge in [0.05, 0.1) is 29.9 Å². The molecular weight excluding hydrogens is 454 g/mol. The highest BCUT2D eigenvalue weighted by Gasteiger charge is 2.26. The number of carbonyl (C=O) groups is 1. The van der Waals surface area contributed by atoms with Gasteiger partial charge in [-0.05, 0) is 42.9 Å². The van der Waals surface area contributed by atoms with E-state index in [2.05, 4.69) is 15.0 Å². The molecule has 2 aliphatic rings. The van der Waals surface area contributed by atoms with E-state index in [0.29, 0.717) is 37.0 Å². The predicted octanol–water partition coefficient (Wildman–Crippen LogP) is 3.96. The van der Waals surface area contributed by atoms with Crippen LogP contribution >= 0.6 is 0 Å². The van der Waals surface area contributed by atoms with Gasteiger partial charge in [-0.2, -0.15) is 5.10 Å². The number of amides is 1. The number of rotatable bonds is 7. The number of carbonyl (C=O) groups excluding carboxylic acids is 1. The summed E-state index contributed by atoms with van der Waals surface area (Å²) in [6.45, 7) is 5.51. The Morgan fingerprint density at radius 1 is 1.21 bits per heavy atom. The topological polar surface area (TPSA) is 110 Å². The van der Waals surface area contributed by atoms with Crippen LogP contribution in [0.25, 0.3) is 11.0 Å². The summed E-state index contributed by atoms with van der Waals surface area (Å²) in [5.74, 6) is 0.735. The average Bonchev–Trinajstić information content (AvgIpc) is 3.47. The van der Waals surface area contributed by atoms with Crippen molar-refractivity contribution in [1.82, 2.24) is 19.8 Å². The monoisotopic (exact) mass is 485 g/mol. The smallest absolute Gasteiger partial charge is 0.234 e. The van der Waals surface area contributed by atoms with E-state index in [1.165, 1.54) is 6.42 Å². The third-order valence-electron chi connectivity index (χ3n) is 6.89. The number of nitrogens with zero attached hydrogens (tertiary/aromatic N) is 4. The molecule has 0 atom stereocenters. The molecule has 3 aromatic rings. The lowest BCUT2D eigenvalue weighted by molar-refractivity contribution is -0.131. The zero-order valence-corrected chi connectivity index (χ0v) is 20.5. The summed E-state index contributed by atoms with van der Waals surface area (Å²) >= 11 is 0. The molecule has 1 N–H and O–H groups in total. The summed E-state index contributed by atoms with van der Waals surface area (Å²) in [5, 5.41) is 9.38. The molecule has 3 heterocycles. The molecule has 1 aliphatic heterocycles. The number of nitrogens with one attached hydrogen (secondary N) is 1. The van der Waals surface area contributed by atoms with Crippen LogP contribution in [0.4, 0.5) is 5.82 Å². The SMILES string of the molecule is CCC(=O)N1Cc2cn(Cc3cc(C)c4c(NS(=O)(=O)CC5CCCCC5)noc4c3)nc2C1. The Labute approximate surface area is 199 Å². The van der Waals surface area contributed by atoms with Crippen molar-refractivity contribution in [2.45, 2.75) is 72.0 Å². The lowest BCUT2D eigenvalue weighted by atomic mass is 9.91. The van der Waals surface area contributed by atoms with Gasteiger partial charge in [0.1, 0.15) is 0 Å². The van der Waals surface area contributed by atoms with E-state index >= 15 is 0 Å². The standard InChI is InChI=1S/C24H31N5O4S/c1-3-22(30)28-12-19-13-29(25-20(19)14-28)11-18-9-16(2)23-21(10-18)33-26-24(23)27-34(31,32)15-17-7-5-4-6-8-17/h9-10,13,17H,3-8,11-12,14-15H2,1-2H3,(H,26,27). The van der Waals surface area contributed by atoms with Crippen LogP contribution in [0.3, 0.4) is 0 Å². The second-order valence-corrected chi connectivity index (χ2v) is 11.4. The van der Waals surface area contributed by atoms with Crippen LogP contribution in [0.15, 0.2) is 22.9 Å². The number of fused-ring (bicyclic) bond motifs is 2. The van der Waals surface area contributed by atoms with E-state index in [0.717, 1.165) is 48.1 Å². The molecule has 1 amide bonds. The minimum atomic E-state index is -3.50. The van der Waals surface area contributed by atoms with Crippen LogP contribution in [0.2, 0.25) is 0 Å². The van der Waals surface area contributed by atoms with Gasteiger partial charge in [-0.25, -0.2) is 8.42 Å². The van der Waals surface area contributed by atoms with Crippen molar-refractivity contribution < 1.29 is 17.7 Å². The Kier molecular flexibility index (Phi) is 6.09. The van der Waals surface area contributed by atoms with E-state index < -0.39 is 10.0 Å². The minimum absolute atomic E-state index is 0.129. The highest BCUT2D eigenvalue weighted by Crippen LogP contribution is 2.31. The molecule has 1 saturated carbocycles. The molecule has 0 spiro atoms. The maximum absolute atomic E-state index is 12.8. The molecule has 1 aromatic carbocycles. The maximum Gasteiger partial charge on any atom is 0.234 e. The zero-order chi connectivity index (χ0) is 23.9. The Balaban J connectivity index is 1.30. The van der Waals surface area contributed by atoms with E-state index in [1.807, 2.05) is 41.8 Å². The van der Waals surface area contributed by atoms with Crippen molar-refractivity contribution in [2.24, 2.45) is 5.92 Å². The van der Waals surface area contributed by atoms with Gasteiger partial charge in [0, 0.05) is 24.7 Å². The van der Waals surface area contributed by atoms with Crippen LogP contribution < -0.4 is 4.72 Å². The second-order valence-electron chi connectivity index (χ2n) is 9.61. The van der Waals surface area contributed by atoms with Crippen molar-refractivity contribution in [2.75, 3.05) is 10.5 Å². The summed E-state index contributed by atoms with van der Waals surface area (Å²) in [6.07, 6.45) is 7.81. The Morgan fingerprint density at radius 3 is 2.74 bits per heavy atom. The molecule has 10 heteroatoms. The fraction of sp³-hybridized carbons (Fsp3) is 0.542. The van der Waals surface area contributed by atoms with Gasteiger partial charge in [-0.3, -0.25) is 14.2 Å². The second kappa shape index (κ2) is 9.05. The molecular formula is C24H31N5O4S. The van der Waals surface area contributed by atoms with Crippen LogP contribution in [0.5, 0.6) is 0 Å². The Morgan fingerprint density at radius 2 is 2.00 bits per heavy atom. The van der Waals surface area contributed by atoms with Crippen molar-refractivity contribution in [1.29, 1.82) is 0 Å². The summed E-state index contributed by atoms with van der Waals surface area (Å²) in [5.41, 5.74) is 4.44. The van der Waals surface area contributed by atoms with Crippen molar-refractivity contribution >= 4 is 32.7 Å². The van der Waals surface area contributed by atoms with E-state index in [4.69, 9.17) is 4.52 Å². The first kappa shape index (κ1) is 22.9. The van der Waals surface area contributed by atoms with Crippen molar-refractivity contribution in [3.8, 4) is 0 Å². The molecule has 182 valence electrons. The number of aryl methyl sites for hydroxylation is 1. The summed E-state index contributed by atoms with van der Waals surface area (Å²) in [7, 11) is -3.50. The molecule has 34 heavy (non-hydrogen) atoms. The molecule has 0 radical (unpaired) electrons. The Hall–Kier alpha value is -2.88. The van der Waals surface area contributed by atoms with Crippen LogP contribution in [-0.2, 0) is 34.5 Å². The van der Waals surface area contributed by atoms with E-state index in [-0.39, 0.29) is 23.4 Å². The van der Waals surface area contributed by atoms with Crippen LogP contribution in [-0.4, -0.2) is 39.9 Å². The molecule has 9 nitrogen and oxygen atoms in total. The number of aromatic nitrogens is 3. The molecule has 1 fully saturated rings. The fourth-order valence-corrected chi connectivity index (χ4v) is 6.71. The average molecular weight is 486 g/mol. The largest absolute Gasteiger partial charge is 0.354 e. The number of hydrogen-bond acceptors (Lipinski definition) is 6. The van der Waals surface area contributed by atoms with Crippen molar-refractivity contribution in [3.05, 3.63) is 40.7 Å². The van der Waals surface area contributed by atoms with Gasteiger partial charge in [0.25, 0.3) is 0 Å². The van der Waals surface area contributed by atoms with Gasteiger partial charge < -0.3 is 9.42 Å². The lowest BCUT2D eigenvalue weighted by Gasteiger charge is -2.21. The zero-order valence-electron chi connectivity index (χ0n) is 19.7. The highest BCUT2D eigenvalue weighted by molar-refractivity contribution is 7.92. The molecule has 0 saturated heterocycles. The first-order valence-electron chi connectivity index (χ1n) is 12.0. The molecule has 0 unspecified atom stereocenters.